The second kappa shape index (κ2) is 11.1. The fraction of sp³-hybridized carbons (Fsp3) is 0.357. The minimum atomic E-state index is -0.0470. The molecule has 162 valence electrons. The second-order valence-electron chi connectivity index (χ2n) is 8.15. The SMILES string of the molecule is CCOc1cccc(CCN2CCCCC2OC(c2ccccc2)c2ccccc2)c1. The van der Waals surface area contributed by atoms with Crippen molar-refractivity contribution in [3.63, 3.8) is 0 Å². The Bertz CT molecular complexity index is 873. The number of piperidine rings is 1. The molecule has 1 saturated heterocycles. The molecule has 0 bridgehead atoms. The summed E-state index contributed by atoms with van der Waals surface area (Å²) in [5.41, 5.74) is 3.74. The molecule has 0 saturated carbocycles. The Balaban J connectivity index is 1.47. The predicted molar refractivity (Wildman–Crippen MR) is 126 cm³/mol. The van der Waals surface area contributed by atoms with E-state index in [0.29, 0.717) is 6.61 Å². The number of likely N-dealkylation sites (tertiary alicyclic amines) is 1. The lowest BCUT2D eigenvalue weighted by Gasteiger charge is -2.38. The molecule has 1 aliphatic rings. The third kappa shape index (κ3) is 5.96. The van der Waals surface area contributed by atoms with Gasteiger partial charge in [-0.2, -0.15) is 0 Å². The monoisotopic (exact) mass is 415 g/mol. The van der Waals surface area contributed by atoms with E-state index in [9.17, 15) is 0 Å². The smallest absolute Gasteiger partial charge is 0.119 e. The van der Waals surface area contributed by atoms with Gasteiger partial charge in [-0.05, 0) is 61.4 Å². The summed E-state index contributed by atoms with van der Waals surface area (Å²) in [6.07, 6.45) is 4.62. The number of benzene rings is 3. The minimum absolute atomic E-state index is 0.0470. The Morgan fingerprint density at radius 1 is 0.871 bits per heavy atom. The first kappa shape index (κ1) is 21.6. The molecule has 0 aliphatic carbocycles. The highest BCUT2D eigenvalue weighted by Gasteiger charge is 2.27. The minimum Gasteiger partial charge on any atom is -0.494 e. The van der Waals surface area contributed by atoms with Crippen LogP contribution in [0.2, 0.25) is 0 Å². The maximum Gasteiger partial charge on any atom is 0.119 e. The largest absolute Gasteiger partial charge is 0.494 e. The van der Waals surface area contributed by atoms with Crippen molar-refractivity contribution in [2.24, 2.45) is 0 Å². The Hall–Kier alpha value is -2.62. The molecule has 1 atom stereocenters. The van der Waals surface area contributed by atoms with Gasteiger partial charge in [0.15, 0.2) is 0 Å². The lowest BCUT2D eigenvalue weighted by molar-refractivity contribution is -0.105. The maximum absolute atomic E-state index is 6.83. The van der Waals surface area contributed by atoms with Crippen LogP contribution in [0.25, 0.3) is 0 Å². The molecule has 0 radical (unpaired) electrons. The first-order valence-corrected chi connectivity index (χ1v) is 11.5. The maximum atomic E-state index is 6.83. The predicted octanol–water partition coefficient (Wildman–Crippen LogP) is 6.25. The zero-order chi connectivity index (χ0) is 21.3. The third-order valence-corrected chi connectivity index (χ3v) is 5.95. The van der Waals surface area contributed by atoms with Crippen molar-refractivity contribution in [1.29, 1.82) is 0 Å². The van der Waals surface area contributed by atoms with Crippen LogP contribution in [0.4, 0.5) is 0 Å². The van der Waals surface area contributed by atoms with E-state index in [1.807, 2.05) is 13.0 Å². The molecule has 3 nitrogen and oxygen atoms in total. The average molecular weight is 416 g/mol. The van der Waals surface area contributed by atoms with E-state index in [4.69, 9.17) is 9.47 Å². The molecule has 1 unspecified atom stereocenters. The van der Waals surface area contributed by atoms with Crippen molar-refractivity contribution in [2.75, 3.05) is 19.7 Å². The summed E-state index contributed by atoms with van der Waals surface area (Å²) in [5, 5.41) is 0. The molecule has 3 aromatic rings. The molecule has 0 amide bonds. The Labute approximate surface area is 186 Å². The van der Waals surface area contributed by atoms with Crippen LogP contribution in [0.3, 0.4) is 0 Å². The molecule has 0 spiro atoms. The van der Waals surface area contributed by atoms with E-state index < -0.39 is 0 Å². The molecular weight excluding hydrogens is 382 g/mol. The van der Waals surface area contributed by atoms with E-state index in [1.165, 1.54) is 29.5 Å². The van der Waals surface area contributed by atoms with Crippen LogP contribution in [-0.2, 0) is 11.2 Å². The van der Waals surface area contributed by atoms with Crippen molar-refractivity contribution in [3.05, 3.63) is 102 Å². The summed E-state index contributed by atoms with van der Waals surface area (Å²) < 4.78 is 12.5. The van der Waals surface area contributed by atoms with Crippen molar-refractivity contribution in [2.45, 2.75) is 44.9 Å². The van der Waals surface area contributed by atoms with Gasteiger partial charge >= 0.3 is 0 Å². The quantitative estimate of drug-likeness (QED) is 0.412. The van der Waals surface area contributed by atoms with Crippen LogP contribution in [0.1, 0.15) is 49.0 Å². The molecule has 3 aromatic carbocycles. The summed E-state index contributed by atoms with van der Waals surface area (Å²) in [6.45, 7) is 4.81. The number of rotatable bonds is 9. The Kier molecular flexibility index (Phi) is 7.76. The van der Waals surface area contributed by atoms with Gasteiger partial charge in [-0.1, -0.05) is 72.8 Å². The van der Waals surface area contributed by atoms with E-state index in [-0.39, 0.29) is 12.3 Å². The van der Waals surface area contributed by atoms with E-state index in [1.54, 1.807) is 0 Å². The topological polar surface area (TPSA) is 21.7 Å². The molecule has 0 N–H and O–H groups in total. The van der Waals surface area contributed by atoms with Gasteiger partial charge < -0.3 is 9.47 Å². The van der Waals surface area contributed by atoms with Crippen LogP contribution in [0.5, 0.6) is 5.75 Å². The normalized spacial score (nSPS) is 17.0. The van der Waals surface area contributed by atoms with E-state index >= 15 is 0 Å². The fourth-order valence-electron chi connectivity index (χ4n) is 4.36. The lowest BCUT2D eigenvalue weighted by atomic mass is 10.0. The summed E-state index contributed by atoms with van der Waals surface area (Å²) in [7, 11) is 0. The van der Waals surface area contributed by atoms with Gasteiger partial charge in [0.25, 0.3) is 0 Å². The molecule has 4 rings (SSSR count). The number of nitrogens with zero attached hydrogens (tertiary/aromatic N) is 1. The Morgan fingerprint density at radius 2 is 1.58 bits per heavy atom. The van der Waals surface area contributed by atoms with Crippen LogP contribution in [0.15, 0.2) is 84.9 Å². The summed E-state index contributed by atoms with van der Waals surface area (Å²) >= 11 is 0. The van der Waals surface area contributed by atoms with E-state index in [2.05, 4.69) is 83.8 Å². The molecule has 3 heteroatoms. The second-order valence-corrected chi connectivity index (χ2v) is 8.15. The summed E-state index contributed by atoms with van der Waals surface area (Å²) in [5.74, 6) is 0.958. The van der Waals surface area contributed by atoms with Crippen molar-refractivity contribution < 1.29 is 9.47 Å². The van der Waals surface area contributed by atoms with Gasteiger partial charge in [-0.3, -0.25) is 4.90 Å². The summed E-state index contributed by atoms with van der Waals surface area (Å²) in [4.78, 5) is 2.52. The lowest BCUT2D eigenvalue weighted by Crippen LogP contribution is -2.43. The zero-order valence-electron chi connectivity index (χ0n) is 18.5. The highest BCUT2D eigenvalue weighted by Crippen LogP contribution is 2.31. The molecule has 1 heterocycles. The van der Waals surface area contributed by atoms with Gasteiger partial charge in [0.2, 0.25) is 0 Å². The number of hydrogen-bond donors (Lipinski definition) is 0. The number of ether oxygens (including phenoxy) is 2. The average Bonchev–Trinajstić information content (AvgIpc) is 2.83. The molecular formula is C28H33NO2. The first-order chi connectivity index (χ1) is 15.3. The van der Waals surface area contributed by atoms with Gasteiger partial charge in [0.05, 0.1) is 6.61 Å². The van der Waals surface area contributed by atoms with Crippen molar-refractivity contribution in [3.8, 4) is 5.75 Å². The molecule has 1 fully saturated rings. The van der Waals surface area contributed by atoms with Crippen molar-refractivity contribution >= 4 is 0 Å². The Morgan fingerprint density at radius 3 is 2.26 bits per heavy atom. The molecule has 1 aliphatic heterocycles. The zero-order valence-corrected chi connectivity index (χ0v) is 18.5. The number of hydrogen-bond acceptors (Lipinski definition) is 3. The van der Waals surface area contributed by atoms with Crippen LogP contribution >= 0.6 is 0 Å². The van der Waals surface area contributed by atoms with Crippen LogP contribution < -0.4 is 4.74 Å². The fourth-order valence-corrected chi connectivity index (χ4v) is 4.36. The van der Waals surface area contributed by atoms with Crippen LogP contribution in [0, 0.1) is 0 Å². The van der Waals surface area contributed by atoms with E-state index in [0.717, 1.165) is 31.7 Å². The van der Waals surface area contributed by atoms with Gasteiger partial charge in [-0.15, -0.1) is 0 Å². The molecule has 31 heavy (non-hydrogen) atoms. The van der Waals surface area contributed by atoms with Crippen molar-refractivity contribution in [1.82, 2.24) is 4.90 Å². The summed E-state index contributed by atoms with van der Waals surface area (Å²) in [6, 6.07) is 29.7. The first-order valence-electron chi connectivity index (χ1n) is 11.5. The van der Waals surface area contributed by atoms with Gasteiger partial charge in [-0.25, -0.2) is 0 Å². The van der Waals surface area contributed by atoms with Gasteiger partial charge in [0.1, 0.15) is 18.1 Å². The van der Waals surface area contributed by atoms with Gasteiger partial charge in [0, 0.05) is 13.1 Å². The third-order valence-electron chi connectivity index (χ3n) is 5.95. The highest BCUT2D eigenvalue weighted by atomic mass is 16.5. The molecule has 0 aromatic heterocycles. The standard InChI is InChI=1S/C28H33NO2/c1-2-30-26-17-11-12-23(22-26)19-21-29-20-10-9-18-27(29)31-28(24-13-5-3-6-14-24)25-15-7-4-8-16-25/h3-8,11-17,22,27-28H,2,9-10,18-21H2,1H3. The van der Waals surface area contributed by atoms with Crippen LogP contribution in [-0.4, -0.2) is 30.8 Å². The highest BCUT2D eigenvalue weighted by molar-refractivity contribution is 5.30.